The molecule has 0 heterocycles. The van der Waals surface area contributed by atoms with Crippen molar-refractivity contribution in [2.24, 2.45) is 5.41 Å². The van der Waals surface area contributed by atoms with Crippen LogP contribution in [0.2, 0.25) is 0 Å². The number of anilines is 1. The predicted molar refractivity (Wildman–Crippen MR) is 73.5 cm³/mol. The number of carbonyl (C=O) groups excluding carboxylic acids is 1. The van der Waals surface area contributed by atoms with Crippen molar-refractivity contribution in [3.05, 3.63) is 42.5 Å². The predicted octanol–water partition coefficient (Wildman–Crippen LogP) is 3.56. The van der Waals surface area contributed by atoms with E-state index in [1.807, 2.05) is 18.2 Å². The molecule has 18 heavy (non-hydrogen) atoms. The molecule has 0 unspecified atom stereocenters. The molecule has 1 aromatic carbocycles. The van der Waals surface area contributed by atoms with Crippen molar-refractivity contribution in [1.82, 2.24) is 0 Å². The normalized spacial score (nSPS) is 25.6. The van der Waals surface area contributed by atoms with Gasteiger partial charge in [-0.05, 0) is 31.1 Å². The molecule has 1 spiro atoms. The maximum Gasteiger partial charge on any atom is 0.163 e. The molecule has 2 heteroatoms. The van der Waals surface area contributed by atoms with Gasteiger partial charge in [-0.3, -0.25) is 4.79 Å². The van der Waals surface area contributed by atoms with Crippen LogP contribution in [0.15, 0.2) is 42.5 Å². The number of allylic oxidation sites excluding steroid dienone is 1. The van der Waals surface area contributed by atoms with Gasteiger partial charge in [0, 0.05) is 5.69 Å². The minimum absolute atomic E-state index is 0.159. The van der Waals surface area contributed by atoms with Gasteiger partial charge in [0.25, 0.3) is 0 Å². The van der Waals surface area contributed by atoms with Gasteiger partial charge in [-0.1, -0.05) is 43.5 Å². The molecule has 0 radical (unpaired) electrons. The highest BCUT2D eigenvalue weighted by Gasteiger charge is 2.47. The number of rotatable bonds is 2. The van der Waals surface area contributed by atoms with Crippen molar-refractivity contribution in [1.29, 1.82) is 0 Å². The minimum Gasteiger partial charge on any atom is -0.378 e. The zero-order chi connectivity index (χ0) is 12.4. The highest BCUT2D eigenvalue weighted by atomic mass is 16.1. The Kier molecular flexibility index (Phi) is 2.94. The second-order valence-corrected chi connectivity index (χ2v) is 5.43. The molecular formula is C16H19NO. The number of hydrogen-bond donors (Lipinski definition) is 1. The number of benzene rings is 1. The molecule has 0 saturated heterocycles. The molecule has 0 bridgehead atoms. The Bertz CT molecular complexity index is 457. The third kappa shape index (κ3) is 1.86. The number of nitrogens with one attached hydrogen (secondary N) is 1. The quantitative estimate of drug-likeness (QED) is 0.857. The topological polar surface area (TPSA) is 29.1 Å². The van der Waals surface area contributed by atoms with Crippen LogP contribution < -0.4 is 5.32 Å². The van der Waals surface area contributed by atoms with E-state index >= 15 is 0 Å². The smallest absolute Gasteiger partial charge is 0.163 e. The summed E-state index contributed by atoms with van der Waals surface area (Å²) >= 11 is 0. The first-order chi connectivity index (χ1) is 8.81. The van der Waals surface area contributed by atoms with E-state index < -0.39 is 0 Å². The fourth-order valence-electron chi connectivity index (χ4n) is 3.33. The second kappa shape index (κ2) is 4.60. The summed E-state index contributed by atoms with van der Waals surface area (Å²) in [6, 6.07) is 10.4. The van der Waals surface area contributed by atoms with E-state index in [2.05, 4.69) is 23.5 Å². The fraction of sp³-hybridized carbons (Fsp3) is 0.438. The van der Waals surface area contributed by atoms with E-state index in [9.17, 15) is 4.79 Å². The van der Waals surface area contributed by atoms with E-state index in [0.717, 1.165) is 18.5 Å². The second-order valence-electron chi connectivity index (χ2n) is 5.43. The maximum atomic E-state index is 12.2. The van der Waals surface area contributed by atoms with E-state index in [-0.39, 0.29) is 11.5 Å². The lowest BCUT2D eigenvalue weighted by Crippen LogP contribution is -2.42. The summed E-state index contributed by atoms with van der Waals surface area (Å²) in [6.45, 7) is 0. The standard InChI is InChI=1S/C16H19NO/c18-15-10-9-14(16(15)11-5-2-6-12-16)17-13-7-3-1-4-8-13/h1,3-4,7-10,14,17H,2,5-6,11-12H2/t14-/m1/s1. The monoisotopic (exact) mass is 241 g/mol. The number of para-hydroxylation sites is 1. The molecule has 2 aliphatic rings. The zero-order valence-corrected chi connectivity index (χ0v) is 10.6. The Morgan fingerprint density at radius 2 is 1.78 bits per heavy atom. The van der Waals surface area contributed by atoms with Crippen LogP contribution in [-0.4, -0.2) is 11.8 Å². The molecule has 1 atom stereocenters. The van der Waals surface area contributed by atoms with Crippen LogP contribution in [0.25, 0.3) is 0 Å². The van der Waals surface area contributed by atoms with E-state index in [1.54, 1.807) is 6.08 Å². The van der Waals surface area contributed by atoms with Crippen LogP contribution in [0.3, 0.4) is 0 Å². The van der Waals surface area contributed by atoms with Crippen LogP contribution in [0.4, 0.5) is 5.69 Å². The van der Waals surface area contributed by atoms with Crippen LogP contribution in [0.1, 0.15) is 32.1 Å². The summed E-state index contributed by atoms with van der Waals surface area (Å²) in [5, 5.41) is 3.52. The van der Waals surface area contributed by atoms with Crippen LogP contribution in [0, 0.1) is 5.41 Å². The molecule has 1 fully saturated rings. The van der Waals surface area contributed by atoms with Gasteiger partial charge in [0.15, 0.2) is 5.78 Å². The number of hydrogen-bond acceptors (Lipinski definition) is 2. The molecule has 0 amide bonds. The Balaban J connectivity index is 1.82. The van der Waals surface area contributed by atoms with Crippen molar-refractivity contribution in [3.8, 4) is 0 Å². The molecule has 1 aromatic rings. The third-order valence-electron chi connectivity index (χ3n) is 4.37. The molecule has 1 N–H and O–H groups in total. The van der Waals surface area contributed by atoms with Crippen LogP contribution in [0.5, 0.6) is 0 Å². The van der Waals surface area contributed by atoms with Gasteiger partial charge in [0.2, 0.25) is 0 Å². The van der Waals surface area contributed by atoms with Crippen molar-refractivity contribution >= 4 is 11.5 Å². The van der Waals surface area contributed by atoms with Gasteiger partial charge in [-0.25, -0.2) is 0 Å². The summed E-state index contributed by atoms with van der Waals surface area (Å²) in [7, 11) is 0. The fourth-order valence-corrected chi connectivity index (χ4v) is 3.33. The largest absolute Gasteiger partial charge is 0.378 e. The minimum atomic E-state index is -0.159. The summed E-state index contributed by atoms with van der Waals surface area (Å²) in [6.07, 6.45) is 9.53. The first-order valence-corrected chi connectivity index (χ1v) is 6.85. The average molecular weight is 241 g/mol. The average Bonchev–Trinajstić information content (AvgIpc) is 2.70. The number of carbonyl (C=O) groups is 1. The van der Waals surface area contributed by atoms with Crippen molar-refractivity contribution in [2.75, 3.05) is 5.32 Å². The van der Waals surface area contributed by atoms with E-state index in [4.69, 9.17) is 0 Å². The molecular weight excluding hydrogens is 222 g/mol. The molecule has 0 aliphatic heterocycles. The summed E-state index contributed by atoms with van der Waals surface area (Å²) < 4.78 is 0. The van der Waals surface area contributed by atoms with Gasteiger partial charge in [0.1, 0.15) is 0 Å². The lowest BCUT2D eigenvalue weighted by atomic mass is 9.69. The summed E-state index contributed by atoms with van der Waals surface area (Å²) in [5.41, 5.74) is 0.945. The van der Waals surface area contributed by atoms with Crippen molar-refractivity contribution in [3.63, 3.8) is 0 Å². The van der Waals surface area contributed by atoms with Gasteiger partial charge < -0.3 is 5.32 Å². The van der Waals surface area contributed by atoms with Crippen molar-refractivity contribution < 1.29 is 4.79 Å². The lowest BCUT2D eigenvalue weighted by Gasteiger charge is -2.38. The molecule has 94 valence electrons. The third-order valence-corrected chi connectivity index (χ3v) is 4.37. The molecule has 3 rings (SSSR count). The molecule has 0 aromatic heterocycles. The Morgan fingerprint density at radius 1 is 1.06 bits per heavy atom. The Morgan fingerprint density at radius 3 is 2.50 bits per heavy atom. The maximum absolute atomic E-state index is 12.2. The Labute approximate surface area is 108 Å². The SMILES string of the molecule is O=C1C=C[C@@H](Nc2ccccc2)C12CCCCC2. The first-order valence-electron chi connectivity index (χ1n) is 6.85. The van der Waals surface area contributed by atoms with Gasteiger partial charge in [-0.15, -0.1) is 0 Å². The molecule has 2 aliphatic carbocycles. The van der Waals surface area contributed by atoms with Gasteiger partial charge in [0.05, 0.1) is 11.5 Å². The summed E-state index contributed by atoms with van der Waals surface area (Å²) in [4.78, 5) is 12.2. The zero-order valence-electron chi connectivity index (χ0n) is 10.6. The highest BCUT2D eigenvalue weighted by Crippen LogP contribution is 2.44. The Hall–Kier alpha value is -1.57. The van der Waals surface area contributed by atoms with E-state index in [1.165, 1.54) is 19.3 Å². The molecule has 2 nitrogen and oxygen atoms in total. The van der Waals surface area contributed by atoms with Gasteiger partial charge >= 0.3 is 0 Å². The lowest BCUT2D eigenvalue weighted by molar-refractivity contribution is -0.124. The summed E-state index contributed by atoms with van der Waals surface area (Å²) in [5.74, 6) is 0.329. The van der Waals surface area contributed by atoms with E-state index in [0.29, 0.717) is 5.78 Å². The van der Waals surface area contributed by atoms with Crippen LogP contribution in [-0.2, 0) is 4.79 Å². The van der Waals surface area contributed by atoms with Crippen LogP contribution >= 0.6 is 0 Å². The highest BCUT2D eigenvalue weighted by molar-refractivity contribution is 5.99. The first kappa shape index (κ1) is 11.5. The number of ketones is 1. The molecule has 1 saturated carbocycles. The van der Waals surface area contributed by atoms with Gasteiger partial charge in [-0.2, -0.15) is 0 Å². The van der Waals surface area contributed by atoms with Crippen molar-refractivity contribution in [2.45, 2.75) is 38.1 Å².